The van der Waals surface area contributed by atoms with Crippen molar-refractivity contribution in [1.82, 2.24) is 0 Å². The van der Waals surface area contributed by atoms with E-state index in [4.69, 9.17) is 6.57 Å². The molecule has 298 valence electrons. The summed E-state index contributed by atoms with van der Waals surface area (Å²) in [6.07, 6.45) is 6.05. The summed E-state index contributed by atoms with van der Waals surface area (Å²) in [5.41, 5.74) is 13.6. The van der Waals surface area contributed by atoms with Gasteiger partial charge in [-0.25, -0.2) is 4.85 Å². The van der Waals surface area contributed by atoms with Crippen LogP contribution in [-0.4, -0.2) is 37.3 Å². The number of rotatable bonds is 7. The predicted octanol–water partition coefficient (Wildman–Crippen LogP) is 13.3. The Morgan fingerprint density at radius 3 is 1.47 bits per heavy atom. The number of anilines is 5. The van der Waals surface area contributed by atoms with E-state index in [2.05, 4.69) is 136 Å². The van der Waals surface area contributed by atoms with Crippen LogP contribution in [0.5, 0.6) is 0 Å². The third-order valence-electron chi connectivity index (χ3n) is 13.8. The van der Waals surface area contributed by atoms with E-state index in [9.17, 15) is 9.90 Å². The Kier molecular flexibility index (Phi) is 9.07. The van der Waals surface area contributed by atoms with Crippen molar-refractivity contribution >= 4 is 63.2 Å². The van der Waals surface area contributed by atoms with Crippen molar-refractivity contribution in [3.63, 3.8) is 0 Å². The van der Waals surface area contributed by atoms with Crippen LogP contribution in [0.1, 0.15) is 108 Å². The number of thiophene rings is 2. The van der Waals surface area contributed by atoms with E-state index in [-0.39, 0.29) is 27.4 Å². The van der Waals surface area contributed by atoms with Gasteiger partial charge in [0, 0.05) is 74.1 Å². The van der Waals surface area contributed by atoms with Crippen LogP contribution in [0, 0.1) is 6.57 Å². The molecular formula is C50H54N4O2S2. The first-order valence-corrected chi connectivity index (χ1v) is 22.4. The molecule has 0 atom stereocenters. The minimum Gasteiger partial charge on any atom is -0.486 e. The molecule has 0 radical (unpaired) electrons. The summed E-state index contributed by atoms with van der Waals surface area (Å²) in [6.45, 7) is 31.2. The Labute approximate surface area is 352 Å². The average Bonchev–Trinajstić information content (AvgIpc) is 3.86. The van der Waals surface area contributed by atoms with Crippen LogP contribution in [0.15, 0.2) is 78.5 Å². The Morgan fingerprint density at radius 1 is 0.621 bits per heavy atom. The van der Waals surface area contributed by atoms with Gasteiger partial charge in [0.25, 0.3) is 5.70 Å². The number of benzene rings is 3. The van der Waals surface area contributed by atoms with Crippen LogP contribution >= 0.6 is 22.7 Å². The van der Waals surface area contributed by atoms with Crippen molar-refractivity contribution in [3.05, 3.63) is 117 Å². The second-order valence-corrected chi connectivity index (χ2v) is 21.7. The van der Waals surface area contributed by atoms with Gasteiger partial charge in [0.2, 0.25) is 0 Å². The first-order valence-electron chi connectivity index (χ1n) is 20.8. The van der Waals surface area contributed by atoms with Gasteiger partial charge in [-0.3, -0.25) is 4.79 Å². The second kappa shape index (κ2) is 13.6. The summed E-state index contributed by atoms with van der Waals surface area (Å²) < 4.78 is 0. The summed E-state index contributed by atoms with van der Waals surface area (Å²) in [4.78, 5) is 26.6. The Hall–Kier alpha value is -4.84. The standard InChI is InChI=1S/C50H54N4O2S2/c1-47(2)18-22-52-23-19-48(3,4)37-27-33(26-36(47)44(37)52)54(34-28-38-45-39(29-34)50(7,8)21-25-53(45)24-20-49(38,5)6)32-12-10-31(11-13-32)41-16-17-43(58-41)42-15-14-35(57-42)30-40(51-9)46(55)56/h10-17,26-30H,18-25H2,1-8H3,(H,55,56)/b40-30-. The molecule has 8 heteroatoms. The summed E-state index contributed by atoms with van der Waals surface area (Å²) in [5.74, 6) is -1.20. The van der Waals surface area contributed by atoms with Crippen LogP contribution in [0.2, 0.25) is 0 Å². The smallest absolute Gasteiger partial charge is 0.333 e. The van der Waals surface area contributed by atoms with Crippen LogP contribution in [0.3, 0.4) is 0 Å². The van der Waals surface area contributed by atoms with Crippen LogP contribution in [0.4, 0.5) is 28.4 Å². The number of carboxylic acids is 1. The minimum absolute atomic E-state index is 0.0673. The first kappa shape index (κ1) is 38.7. The fourth-order valence-electron chi connectivity index (χ4n) is 9.80. The zero-order chi connectivity index (χ0) is 40.9. The van der Waals surface area contributed by atoms with E-state index in [0.717, 1.165) is 77.7 Å². The highest BCUT2D eigenvalue weighted by atomic mass is 32.1. The molecule has 0 spiro atoms. The summed E-state index contributed by atoms with van der Waals surface area (Å²) in [5, 5.41) is 9.34. The highest BCUT2D eigenvalue weighted by Crippen LogP contribution is 2.55. The van der Waals surface area contributed by atoms with E-state index in [1.54, 1.807) is 11.3 Å². The summed E-state index contributed by atoms with van der Waals surface area (Å²) >= 11 is 3.24. The number of carboxylic acid groups (broad SMARTS) is 1. The second-order valence-electron chi connectivity index (χ2n) is 19.5. The molecule has 4 aliphatic rings. The Morgan fingerprint density at radius 2 is 1.03 bits per heavy atom. The number of carbonyl (C=O) groups is 1. The first-order chi connectivity index (χ1) is 27.5. The molecule has 0 saturated carbocycles. The summed E-state index contributed by atoms with van der Waals surface area (Å²) in [7, 11) is 0. The number of aliphatic carboxylic acids is 1. The lowest BCUT2D eigenvalue weighted by atomic mass is 9.69. The zero-order valence-corrected chi connectivity index (χ0v) is 36.8. The number of hydrogen-bond acceptors (Lipinski definition) is 6. The summed E-state index contributed by atoms with van der Waals surface area (Å²) in [6, 6.07) is 27.5. The fraction of sp³-hybridized carbons (Fsp3) is 0.400. The van der Waals surface area contributed by atoms with Crippen molar-refractivity contribution in [1.29, 1.82) is 0 Å². The van der Waals surface area contributed by atoms with Crippen LogP contribution in [0.25, 0.3) is 31.1 Å². The fourth-order valence-corrected chi connectivity index (χ4v) is 11.8. The zero-order valence-electron chi connectivity index (χ0n) is 35.1. The maximum atomic E-state index is 11.4. The molecule has 0 saturated heterocycles. The topological polar surface area (TPSA) is 51.4 Å². The van der Waals surface area contributed by atoms with Gasteiger partial charge in [0.15, 0.2) is 0 Å². The van der Waals surface area contributed by atoms with Gasteiger partial charge < -0.3 is 19.8 Å². The lowest BCUT2D eigenvalue weighted by Crippen LogP contribution is -2.45. The van der Waals surface area contributed by atoms with E-state index in [1.807, 2.05) is 12.1 Å². The van der Waals surface area contributed by atoms with Gasteiger partial charge in [-0.05, 0) is 142 Å². The van der Waals surface area contributed by atoms with E-state index < -0.39 is 5.97 Å². The van der Waals surface area contributed by atoms with E-state index in [0.29, 0.717) is 0 Å². The van der Waals surface area contributed by atoms with Gasteiger partial charge >= 0.3 is 5.97 Å². The average molecular weight is 807 g/mol. The molecule has 58 heavy (non-hydrogen) atoms. The maximum absolute atomic E-state index is 11.4. The molecule has 0 amide bonds. The van der Waals surface area contributed by atoms with Crippen molar-refractivity contribution in [3.8, 4) is 20.2 Å². The largest absolute Gasteiger partial charge is 0.486 e. The van der Waals surface area contributed by atoms with Crippen molar-refractivity contribution in [2.75, 3.05) is 40.9 Å². The molecule has 0 bridgehead atoms. The highest BCUT2D eigenvalue weighted by Gasteiger charge is 2.43. The molecule has 5 aromatic rings. The van der Waals surface area contributed by atoms with Gasteiger partial charge in [0.05, 0.1) is 6.57 Å². The molecule has 1 N–H and O–H groups in total. The lowest BCUT2D eigenvalue weighted by Gasteiger charge is -2.49. The Bertz CT molecular complexity index is 2370. The van der Waals surface area contributed by atoms with E-state index >= 15 is 0 Å². The molecule has 9 rings (SSSR count). The SMILES string of the molecule is [C-]#[N+]/C(=C\c1ccc(-c2ccc(-c3ccc(N(c4cc5c6c(c4)C(C)(C)CCN6CCC5(C)C)c4cc5c6c(c4)C(C)(C)CCN6CCC5(C)C)cc3)s2)s1)C(=O)O. The quantitative estimate of drug-likeness (QED) is 0.131. The highest BCUT2D eigenvalue weighted by molar-refractivity contribution is 7.24. The molecule has 0 unspecified atom stereocenters. The molecule has 2 aromatic heterocycles. The molecule has 0 fully saturated rings. The van der Waals surface area contributed by atoms with Crippen molar-refractivity contribution in [2.45, 2.75) is 103 Å². The van der Waals surface area contributed by atoms with Gasteiger partial charge in [-0.15, -0.1) is 22.7 Å². The third kappa shape index (κ3) is 6.46. The minimum atomic E-state index is -1.20. The molecule has 0 aliphatic carbocycles. The molecule has 3 aromatic carbocycles. The molecule has 6 heterocycles. The lowest BCUT2D eigenvalue weighted by molar-refractivity contribution is -0.132. The van der Waals surface area contributed by atoms with Gasteiger partial charge in [0.1, 0.15) is 0 Å². The molecule has 6 nitrogen and oxygen atoms in total. The van der Waals surface area contributed by atoms with Crippen LogP contribution in [-0.2, 0) is 26.5 Å². The van der Waals surface area contributed by atoms with Crippen molar-refractivity contribution in [2.24, 2.45) is 0 Å². The third-order valence-corrected chi connectivity index (χ3v) is 16.1. The van der Waals surface area contributed by atoms with Crippen molar-refractivity contribution < 1.29 is 9.90 Å². The van der Waals surface area contributed by atoms with Crippen LogP contribution < -0.4 is 14.7 Å². The number of hydrogen-bond donors (Lipinski definition) is 1. The maximum Gasteiger partial charge on any atom is 0.333 e. The molecular weight excluding hydrogens is 753 g/mol. The number of nitrogens with zero attached hydrogens (tertiary/aromatic N) is 4. The monoisotopic (exact) mass is 806 g/mol. The molecule has 4 aliphatic heterocycles. The van der Waals surface area contributed by atoms with Gasteiger partial charge in [-0.2, -0.15) is 0 Å². The Balaban J connectivity index is 1.18. The van der Waals surface area contributed by atoms with Gasteiger partial charge in [-0.1, -0.05) is 67.5 Å². The normalized spacial score (nSPS) is 19.5. The van der Waals surface area contributed by atoms with E-state index in [1.165, 1.54) is 67.3 Å². The predicted molar refractivity (Wildman–Crippen MR) is 245 cm³/mol.